The van der Waals surface area contributed by atoms with Crippen LogP contribution in [0.5, 0.6) is 0 Å². The first-order valence-corrected chi connectivity index (χ1v) is 8.97. The lowest BCUT2D eigenvalue weighted by Crippen LogP contribution is -2.45. The zero-order valence-corrected chi connectivity index (χ0v) is 13.3. The number of rotatable bonds is 4. The Balaban J connectivity index is 1.99. The summed E-state index contributed by atoms with van der Waals surface area (Å²) in [5.74, 6) is -0.214. The van der Waals surface area contributed by atoms with E-state index in [1.807, 2.05) is 30.3 Å². The van der Waals surface area contributed by atoms with Gasteiger partial charge in [-0.3, -0.25) is 4.79 Å². The minimum Gasteiger partial charge on any atom is -0.341 e. The molecule has 1 aliphatic heterocycles. The van der Waals surface area contributed by atoms with Crippen molar-refractivity contribution in [2.75, 3.05) is 26.4 Å². The third-order valence-electron chi connectivity index (χ3n) is 3.84. The average molecular weight is 310 g/mol. The summed E-state index contributed by atoms with van der Waals surface area (Å²) in [5.41, 5.74) is 1.07. The minimum atomic E-state index is -3.21. The zero-order valence-electron chi connectivity index (χ0n) is 12.5. The van der Waals surface area contributed by atoms with Crippen molar-refractivity contribution in [1.82, 2.24) is 9.21 Å². The lowest BCUT2D eigenvalue weighted by molar-refractivity contribution is -0.135. The summed E-state index contributed by atoms with van der Waals surface area (Å²) < 4.78 is 24.6. The normalized spacial score (nSPS) is 20.2. The molecule has 5 nitrogen and oxygen atoms in total. The van der Waals surface area contributed by atoms with E-state index < -0.39 is 10.0 Å². The van der Waals surface area contributed by atoms with Crippen molar-refractivity contribution in [2.45, 2.75) is 19.4 Å². The largest absolute Gasteiger partial charge is 0.341 e. The molecule has 1 aliphatic rings. The predicted molar refractivity (Wildman–Crippen MR) is 82.1 cm³/mol. The van der Waals surface area contributed by atoms with E-state index in [-0.39, 0.29) is 11.8 Å². The summed E-state index contributed by atoms with van der Waals surface area (Å²) >= 11 is 0. The molecule has 2 rings (SSSR count). The SMILES string of the molecule is CN(Cc1ccccc1)C(=O)[C@@H]1CCCN(S(C)(=O)=O)C1. The predicted octanol–water partition coefficient (Wildman–Crippen LogP) is 1.32. The van der Waals surface area contributed by atoms with E-state index in [0.717, 1.165) is 18.4 Å². The van der Waals surface area contributed by atoms with Gasteiger partial charge in [0.1, 0.15) is 0 Å². The van der Waals surface area contributed by atoms with Gasteiger partial charge in [-0.15, -0.1) is 0 Å². The highest BCUT2D eigenvalue weighted by atomic mass is 32.2. The molecular weight excluding hydrogens is 288 g/mol. The van der Waals surface area contributed by atoms with Crippen LogP contribution in [0, 0.1) is 5.92 Å². The van der Waals surface area contributed by atoms with Crippen LogP contribution in [0.3, 0.4) is 0 Å². The minimum absolute atomic E-state index is 0.0206. The van der Waals surface area contributed by atoms with Crippen LogP contribution in [0.1, 0.15) is 18.4 Å². The molecule has 0 bridgehead atoms. The lowest BCUT2D eigenvalue weighted by atomic mass is 9.98. The molecule has 0 spiro atoms. The molecule has 0 aromatic heterocycles. The quantitative estimate of drug-likeness (QED) is 0.843. The van der Waals surface area contributed by atoms with Crippen LogP contribution in [0.4, 0.5) is 0 Å². The Labute approximate surface area is 126 Å². The maximum Gasteiger partial charge on any atom is 0.227 e. The van der Waals surface area contributed by atoms with Gasteiger partial charge in [0.2, 0.25) is 15.9 Å². The third-order valence-corrected chi connectivity index (χ3v) is 5.11. The van der Waals surface area contributed by atoms with Crippen LogP contribution in [0.15, 0.2) is 30.3 Å². The highest BCUT2D eigenvalue weighted by Gasteiger charge is 2.31. The number of nitrogens with zero attached hydrogens (tertiary/aromatic N) is 2. The Bertz CT molecular complexity index is 586. The molecular formula is C15H22N2O3S. The van der Waals surface area contributed by atoms with Crippen LogP contribution >= 0.6 is 0 Å². The fraction of sp³-hybridized carbons (Fsp3) is 0.533. The third kappa shape index (κ3) is 4.28. The van der Waals surface area contributed by atoms with Crippen molar-refractivity contribution in [3.8, 4) is 0 Å². The van der Waals surface area contributed by atoms with Crippen LogP contribution < -0.4 is 0 Å². The molecule has 0 aliphatic carbocycles. The molecule has 0 unspecified atom stereocenters. The second kappa shape index (κ2) is 6.58. The van der Waals surface area contributed by atoms with E-state index in [0.29, 0.717) is 19.6 Å². The Kier molecular flexibility index (Phi) is 5.00. The van der Waals surface area contributed by atoms with Crippen LogP contribution in [-0.2, 0) is 21.4 Å². The summed E-state index contributed by atoms with van der Waals surface area (Å²) in [6.07, 6.45) is 2.69. The Morgan fingerprint density at radius 3 is 2.62 bits per heavy atom. The number of hydrogen-bond donors (Lipinski definition) is 0. The lowest BCUT2D eigenvalue weighted by Gasteiger charge is -2.32. The first kappa shape index (κ1) is 16.0. The number of carbonyl (C=O) groups excluding carboxylic acids is 1. The molecule has 1 heterocycles. The van der Waals surface area contributed by atoms with Gasteiger partial charge < -0.3 is 4.90 Å². The molecule has 1 aromatic rings. The summed E-state index contributed by atoms with van der Waals surface area (Å²) in [6, 6.07) is 9.79. The van der Waals surface area contributed by atoms with Gasteiger partial charge in [-0.2, -0.15) is 0 Å². The van der Waals surface area contributed by atoms with E-state index in [1.165, 1.54) is 10.6 Å². The van der Waals surface area contributed by atoms with Crippen molar-refractivity contribution in [3.63, 3.8) is 0 Å². The number of amides is 1. The Hall–Kier alpha value is -1.40. The second-order valence-corrected chi connectivity index (χ2v) is 7.62. The fourth-order valence-electron chi connectivity index (χ4n) is 2.69. The number of carbonyl (C=O) groups is 1. The molecule has 0 N–H and O–H groups in total. The van der Waals surface area contributed by atoms with Crippen molar-refractivity contribution < 1.29 is 13.2 Å². The highest BCUT2D eigenvalue weighted by Crippen LogP contribution is 2.21. The Morgan fingerprint density at radius 2 is 2.00 bits per heavy atom. The van der Waals surface area contributed by atoms with Gasteiger partial charge in [0.05, 0.1) is 12.2 Å². The average Bonchev–Trinajstić information content (AvgIpc) is 2.46. The van der Waals surface area contributed by atoms with E-state index >= 15 is 0 Å². The van der Waals surface area contributed by atoms with Gasteiger partial charge in [-0.25, -0.2) is 12.7 Å². The topological polar surface area (TPSA) is 57.7 Å². The van der Waals surface area contributed by atoms with Gasteiger partial charge in [-0.05, 0) is 18.4 Å². The zero-order chi connectivity index (χ0) is 15.5. The van der Waals surface area contributed by atoms with Gasteiger partial charge in [0.25, 0.3) is 0 Å². The standard InChI is InChI=1S/C15H22N2O3S/c1-16(11-13-7-4-3-5-8-13)15(18)14-9-6-10-17(12-14)21(2,19)20/h3-5,7-8,14H,6,9-12H2,1-2H3/t14-/m1/s1. The Morgan fingerprint density at radius 1 is 1.33 bits per heavy atom. The van der Waals surface area contributed by atoms with Gasteiger partial charge in [-0.1, -0.05) is 30.3 Å². The van der Waals surface area contributed by atoms with Crippen LogP contribution in [0.25, 0.3) is 0 Å². The maximum atomic E-state index is 12.5. The highest BCUT2D eigenvalue weighted by molar-refractivity contribution is 7.88. The molecule has 1 aromatic carbocycles. The number of piperidine rings is 1. The molecule has 1 amide bonds. The molecule has 1 saturated heterocycles. The summed E-state index contributed by atoms with van der Waals surface area (Å²) in [4.78, 5) is 14.2. The van der Waals surface area contributed by atoms with Gasteiger partial charge in [0, 0.05) is 26.7 Å². The van der Waals surface area contributed by atoms with E-state index in [4.69, 9.17) is 0 Å². The molecule has 1 fully saturated rings. The molecule has 21 heavy (non-hydrogen) atoms. The number of sulfonamides is 1. The fourth-order valence-corrected chi connectivity index (χ4v) is 3.60. The molecule has 6 heteroatoms. The van der Waals surface area contributed by atoms with Crippen molar-refractivity contribution in [1.29, 1.82) is 0 Å². The maximum absolute atomic E-state index is 12.5. The second-order valence-electron chi connectivity index (χ2n) is 5.64. The summed E-state index contributed by atoms with van der Waals surface area (Å²) in [5, 5.41) is 0. The van der Waals surface area contributed by atoms with E-state index in [9.17, 15) is 13.2 Å². The van der Waals surface area contributed by atoms with E-state index in [2.05, 4.69) is 0 Å². The molecule has 1 atom stereocenters. The summed E-state index contributed by atoms with van der Waals surface area (Å²) in [6.45, 7) is 1.37. The molecule has 0 radical (unpaired) electrons. The number of hydrogen-bond acceptors (Lipinski definition) is 3. The van der Waals surface area contributed by atoms with Crippen LogP contribution in [-0.4, -0.2) is 49.9 Å². The smallest absolute Gasteiger partial charge is 0.227 e. The van der Waals surface area contributed by atoms with Gasteiger partial charge in [0.15, 0.2) is 0 Å². The number of benzene rings is 1. The van der Waals surface area contributed by atoms with Crippen molar-refractivity contribution in [2.24, 2.45) is 5.92 Å². The van der Waals surface area contributed by atoms with Crippen molar-refractivity contribution >= 4 is 15.9 Å². The van der Waals surface area contributed by atoms with Crippen molar-refractivity contribution in [3.05, 3.63) is 35.9 Å². The monoisotopic (exact) mass is 310 g/mol. The van der Waals surface area contributed by atoms with Gasteiger partial charge >= 0.3 is 0 Å². The first-order chi connectivity index (χ1) is 9.88. The summed E-state index contributed by atoms with van der Waals surface area (Å²) in [7, 11) is -1.44. The van der Waals surface area contributed by atoms with E-state index in [1.54, 1.807) is 11.9 Å². The molecule has 116 valence electrons. The van der Waals surface area contributed by atoms with Crippen LogP contribution in [0.2, 0.25) is 0 Å². The first-order valence-electron chi connectivity index (χ1n) is 7.12. The molecule has 0 saturated carbocycles.